The third-order valence-corrected chi connectivity index (χ3v) is 5.24. The molecular weight excluding hydrogens is 348 g/mol. The molecule has 3 aromatic rings. The highest BCUT2D eigenvalue weighted by Gasteiger charge is 2.16. The molecule has 28 heavy (non-hydrogen) atoms. The standard InChI is InChI=1S/C24H30N2O2/c1-6-12-25-17(3)8-10-22(25)19-14-20(16-21(15-19)24(27)28-5)23-11-9-18(4)26(23)13-7-2/h8-11,14-16H,6-7,12-13H2,1-5H3. The van der Waals surface area contributed by atoms with E-state index in [1.807, 2.05) is 12.1 Å². The molecule has 0 saturated carbocycles. The normalized spacial score (nSPS) is 11.0. The Labute approximate surface area is 167 Å². The lowest BCUT2D eigenvalue weighted by atomic mass is 10.0. The Morgan fingerprint density at radius 1 is 0.821 bits per heavy atom. The van der Waals surface area contributed by atoms with Gasteiger partial charge in [-0.25, -0.2) is 4.79 Å². The van der Waals surface area contributed by atoms with E-state index in [1.165, 1.54) is 18.5 Å². The largest absolute Gasteiger partial charge is 0.465 e. The first-order valence-corrected chi connectivity index (χ1v) is 10.1. The Bertz CT molecular complexity index is 910. The summed E-state index contributed by atoms with van der Waals surface area (Å²) in [7, 11) is 1.43. The van der Waals surface area contributed by atoms with Crippen molar-refractivity contribution in [1.29, 1.82) is 0 Å². The molecule has 3 rings (SSSR count). The highest BCUT2D eigenvalue weighted by molar-refractivity contribution is 5.93. The Morgan fingerprint density at radius 3 is 1.68 bits per heavy atom. The van der Waals surface area contributed by atoms with E-state index in [1.54, 1.807) is 0 Å². The Morgan fingerprint density at radius 2 is 1.29 bits per heavy atom. The number of hydrogen-bond acceptors (Lipinski definition) is 2. The number of hydrogen-bond donors (Lipinski definition) is 0. The average molecular weight is 379 g/mol. The van der Waals surface area contributed by atoms with Gasteiger partial charge in [-0.05, 0) is 80.3 Å². The molecular formula is C24H30N2O2. The van der Waals surface area contributed by atoms with Crippen molar-refractivity contribution in [3.05, 3.63) is 59.4 Å². The van der Waals surface area contributed by atoms with Crippen LogP contribution in [0.4, 0.5) is 0 Å². The van der Waals surface area contributed by atoms with Crippen LogP contribution in [0.3, 0.4) is 0 Å². The predicted octanol–water partition coefficient (Wildman–Crippen LogP) is 5.85. The number of methoxy groups -OCH3 is 1. The number of aryl methyl sites for hydroxylation is 2. The van der Waals surface area contributed by atoms with Crippen LogP contribution in [0.2, 0.25) is 0 Å². The van der Waals surface area contributed by atoms with Crippen molar-refractivity contribution in [2.24, 2.45) is 0 Å². The number of esters is 1. The molecule has 0 radical (unpaired) electrons. The first-order valence-electron chi connectivity index (χ1n) is 10.1. The summed E-state index contributed by atoms with van der Waals surface area (Å²) in [6.45, 7) is 10.5. The lowest BCUT2D eigenvalue weighted by Crippen LogP contribution is -2.06. The second kappa shape index (κ2) is 8.51. The Kier molecular flexibility index (Phi) is 6.08. The Hall–Kier alpha value is -2.75. The number of ether oxygens (including phenoxy) is 1. The fourth-order valence-corrected chi connectivity index (χ4v) is 3.84. The van der Waals surface area contributed by atoms with Gasteiger partial charge in [0, 0.05) is 35.9 Å². The van der Waals surface area contributed by atoms with Gasteiger partial charge < -0.3 is 13.9 Å². The van der Waals surface area contributed by atoms with Gasteiger partial charge in [0.15, 0.2) is 0 Å². The first kappa shape index (κ1) is 20.0. The van der Waals surface area contributed by atoms with E-state index >= 15 is 0 Å². The summed E-state index contributed by atoms with van der Waals surface area (Å²) in [5, 5.41) is 0. The minimum atomic E-state index is -0.307. The number of carbonyl (C=O) groups is 1. The summed E-state index contributed by atoms with van der Waals surface area (Å²) in [4.78, 5) is 12.4. The average Bonchev–Trinajstić information content (AvgIpc) is 3.25. The SMILES string of the molecule is CCCn1c(C)ccc1-c1cc(C(=O)OC)cc(-c2ccc(C)n2CCC)c1. The van der Waals surface area contributed by atoms with Gasteiger partial charge in [-0.15, -0.1) is 0 Å². The summed E-state index contributed by atoms with van der Waals surface area (Å²) in [6, 6.07) is 14.6. The van der Waals surface area contributed by atoms with Gasteiger partial charge in [-0.3, -0.25) is 0 Å². The van der Waals surface area contributed by atoms with E-state index in [2.05, 4.69) is 67.2 Å². The molecule has 148 valence electrons. The van der Waals surface area contributed by atoms with Crippen molar-refractivity contribution in [3.63, 3.8) is 0 Å². The fourth-order valence-electron chi connectivity index (χ4n) is 3.84. The maximum Gasteiger partial charge on any atom is 0.337 e. The zero-order valence-electron chi connectivity index (χ0n) is 17.6. The number of rotatable bonds is 7. The topological polar surface area (TPSA) is 36.2 Å². The summed E-state index contributed by atoms with van der Waals surface area (Å²) in [6.07, 6.45) is 2.12. The molecule has 0 N–H and O–H groups in total. The number of aromatic nitrogens is 2. The maximum atomic E-state index is 12.4. The quantitative estimate of drug-likeness (QED) is 0.484. The molecule has 4 nitrogen and oxygen atoms in total. The van der Waals surface area contributed by atoms with Gasteiger partial charge >= 0.3 is 5.97 Å². The highest BCUT2D eigenvalue weighted by Crippen LogP contribution is 2.31. The van der Waals surface area contributed by atoms with E-state index in [0.29, 0.717) is 5.56 Å². The maximum absolute atomic E-state index is 12.4. The zero-order chi connectivity index (χ0) is 20.3. The minimum absolute atomic E-state index is 0.307. The van der Waals surface area contributed by atoms with Crippen LogP contribution in [-0.4, -0.2) is 22.2 Å². The fraction of sp³-hybridized carbons (Fsp3) is 0.375. The van der Waals surface area contributed by atoms with Gasteiger partial charge in [0.1, 0.15) is 0 Å². The van der Waals surface area contributed by atoms with Crippen LogP contribution in [0.15, 0.2) is 42.5 Å². The van der Waals surface area contributed by atoms with Gasteiger partial charge in [-0.2, -0.15) is 0 Å². The van der Waals surface area contributed by atoms with E-state index < -0.39 is 0 Å². The first-order chi connectivity index (χ1) is 13.5. The van der Waals surface area contributed by atoms with Crippen LogP contribution < -0.4 is 0 Å². The van der Waals surface area contributed by atoms with Gasteiger partial charge in [0.2, 0.25) is 0 Å². The summed E-state index contributed by atoms with van der Waals surface area (Å²) >= 11 is 0. The second-order valence-electron chi connectivity index (χ2n) is 7.31. The van der Waals surface area contributed by atoms with Crippen molar-refractivity contribution in [2.75, 3.05) is 7.11 Å². The zero-order valence-corrected chi connectivity index (χ0v) is 17.6. The van der Waals surface area contributed by atoms with Crippen LogP contribution in [0.1, 0.15) is 48.4 Å². The third kappa shape index (κ3) is 3.77. The molecule has 0 atom stereocenters. The van der Waals surface area contributed by atoms with Crippen molar-refractivity contribution in [1.82, 2.24) is 9.13 Å². The van der Waals surface area contributed by atoms with E-state index in [4.69, 9.17) is 4.74 Å². The van der Waals surface area contributed by atoms with Crippen molar-refractivity contribution >= 4 is 5.97 Å². The van der Waals surface area contributed by atoms with Crippen LogP contribution >= 0.6 is 0 Å². The van der Waals surface area contributed by atoms with Crippen LogP contribution in [0.25, 0.3) is 22.5 Å². The summed E-state index contributed by atoms with van der Waals surface area (Å²) in [5.41, 5.74) is 7.40. The highest BCUT2D eigenvalue weighted by atomic mass is 16.5. The molecule has 2 heterocycles. The smallest absolute Gasteiger partial charge is 0.337 e. The van der Waals surface area contributed by atoms with Gasteiger partial charge in [0.25, 0.3) is 0 Å². The minimum Gasteiger partial charge on any atom is -0.465 e. The van der Waals surface area contributed by atoms with E-state index in [9.17, 15) is 4.79 Å². The molecule has 0 spiro atoms. The monoisotopic (exact) mass is 378 g/mol. The number of carbonyl (C=O) groups excluding carboxylic acids is 1. The van der Waals surface area contributed by atoms with Crippen LogP contribution in [0.5, 0.6) is 0 Å². The molecule has 0 amide bonds. The molecule has 1 aromatic carbocycles. The lowest BCUT2D eigenvalue weighted by molar-refractivity contribution is 0.0601. The molecule has 0 saturated heterocycles. The van der Waals surface area contributed by atoms with Crippen molar-refractivity contribution in [3.8, 4) is 22.5 Å². The lowest BCUT2D eigenvalue weighted by Gasteiger charge is -2.15. The second-order valence-corrected chi connectivity index (χ2v) is 7.31. The summed E-state index contributed by atoms with van der Waals surface area (Å²) in [5.74, 6) is -0.307. The number of benzene rings is 1. The molecule has 2 aromatic heterocycles. The van der Waals surface area contributed by atoms with Gasteiger partial charge in [-0.1, -0.05) is 13.8 Å². The van der Waals surface area contributed by atoms with Crippen LogP contribution in [-0.2, 0) is 17.8 Å². The van der Waals surface area contributed by atoms with Crippen LogP contribution in [0, 0.1) is 13.8 Å². The molecule has 0 aliphatic rings. The van der Waals surface area contributed by atoms with Gasteiger partial charge in [0.05, 0.1) is 12.7 Å². The molecule has 4 heteroatoms. The van der Waals surface area contributed by atoms with E-state index in [0.717, 1.165) is 48.4 Å². The third-order valence-electron chi connectivity index (χ3n) is 5.24. The molecule has 0 bridgehead atoms. The molecule has 0 aliphatic carbocycles. The number of nitrogens with zero attached hydrogens (tertiary/aromatic N) is 2. The summed E-state index contributed by atoms with van der Waals surface area (Å²) < 4.78 is 9.66. The molecule has 0 aliphatic heterocycles. The molecule has 0 unspecified atom stereocenters. The van der Waals surface area contributed by atoms with Crippen molar-refractivity contribution < 1.29 is 9.53 Å². The molecule has 0 fully saturated rings. The predicted molar refractivity (Wildman–Crippen MR) is 115 cm³/mol. The van der Waals surface area contributed by atoms with Crippen molar-refractivity contribution in [2.45, 2.75) is 53.6 Å². The van der Waals surface area contributed by atoms with E-state index in [-0.39, 0.29) is 5.97 Å². The Balaban J connectivity index is 2.20.